The Hall–Kier alpha value is -2.47. The number of carboxylic acid groups (broad SMARTS) is 1. The molecular weight excluding hydrogens is 354 g/mol. The second kappa shape index (κ2) is 10.2. The van der Waals surface area contributed by atoms with Crippen molar-refractivity contribution in [2.45, 2.75) is 63.7 Å². The zero-order valence-electron chi connectivity index (χ0n) is 16.4. The van der Waals surface area contributed by atoms with Gasteiger partial charge in [-0.3, -0.25) is 14.9 Å². The first kappa shape index (κ1) is 20.3. The number of nitrogens with two attached hydrogens (primary N) is 1. The summed E-state index contributed by atoms with van der Waals surface area (Å²) in [5.41, 5.74) is 3.48. The third kappa shape index (κ3) is 6.02. The molecule has 1 atom stereocenters. The van der Waals surface area contributed by atoms with E-state index in [0.29, 0.717) is 0 Å². The standard InChI is InChI=1S/C22H29N3O3/c26-20-12-10-18(15-24-20)17(14-21(27)28)6-3-1-2-4-8-19-11-9-16-7-5-13-23-22(16)25-19/h9-12,15,17H,1-8,13-14H2,(H,23,25)(H,24,26)(H,27,28)/p+2. The number of carboxylic acids is 1. The topological polar surface area (TPSA) is 101 Å². The van der Waals surface area contributed by atoms with Gasteiger partial charge >= 0.3 is 11.8 Å². The molecule has 5 N–H and O–H groups in total. The normalized spacial score (nSPS) is 14.4. The van der Waals surface area contributed by atoms with Crippen LogP contribution in [0.4, 0.5) is 5.82 Å². The van der Waals surface area contributed by atoms with Gasteiger partial charge in [0.2, 0.25) is 5.56 Å². The van der Waals surface area contributed by atoms with Gasteiger partial charge < -0.3 is 10.1 Å². The van der Waals surface area contributed by atoms with Crippen LogP contribution < -0.4 is 15.9 Å². The summed E-state index contributed by atoms with van der Waals surface area (Å²) >= 11 is 0. The van der Waals surface area contributed by atoms with Crippen LogP contribution in [0, 0.1) is 0 Å². The van der Waals surface area contributed by atoms with Crippen molar-refractivity contribution < 1.29 is 20.2 Å². The van der Waals surface area contributed by atoms with Gasteiger partial charge in [0.05, 0.1) is 18.5 Å². The van der Waals surface area contributed by atoms with Crippen LogP contribution >= 0.6 is 0 Å². The number of aromatic nitrogens is 2. The molecule has 0 fully saturated rings. The summed E-state index contributed by atoms with van der Waals surface area (Å²) in [5, 5.41) is 11.5. The minimum Gasteiger partial charge on any atom is -0.481 e. The monoisotopic (exact) mass is 385 g/mol. The number of aliphatic carboxylic acids is 1. The molecular formula is C22H31N3O3+2. The van der Waals surface area contributed by atoms with E-state index in [0.717, 1.165) is 44.1 Å². The first-order valence-electron chi connectivity index (χ1n) is 10.4. The zero-order valence-corrected chi connectivity index (χ0v) is 16.4. The fourth-order valence-corrected chi connectivity index (χ4v) is 4.00. The van der Waals surface area contributed by atoms with Gasteiger partial charge in [0, 0.05) is 31.2 Å². The lowest BCUT2D eigenvalue weighted by Crippen LogP contribution is -2.82. The van der Waals surface area contributed by atoms with Gasteiger partial charge in [-0.05, 0) is 36.8 Å². The molecule has 28 heavy (non-hydrogen) atoms. The van der Waals surface area contributed by atoms with Crippen molar-refractivity contribution in [1.82, 2.24) is 4.98 Å². The predicted octanol–water partition coefficient (Wildman–Crippen LogP) is 2.08. The highest BCUT2D eigenvalue weighted by atomic mass is 16.4. The Morgan fingerprint density at radius 3 is 2.82 bits per heavy atom. The summed E-state index contributed by atoms with van der Waals surface area (Å²) in [7, 11) is 0. The Morgan fingerprint density at radius 1 is 1.18 bits per heavy atom. The van der Waals surface area contributed by atoms with Gasteiger partial charge in [0.15, 0.2) is 5.69 Å². The molecule has 0 radical (unpaired) electrons. The third-order valence-electron chi connectivity index (χ3n) is 5.57. The molecule has 0 aromatic carbocycles. The molecule has 0 bridgehead atoms. The van der Waals surface area contributed by atoms with E-state index in [1.54, 1.807) is 12.3 Å². The molecule has 2 aromatic rings. The van der Waals surface area contributed by atoms with E-state index in [9.17, 15) is 14.7 Å². The van der Waals surface area contributed by atoms with E-state index in [4.69, 9.17) is 0 Å². The average Bonchev–Trinajstić information content (AvgIpc) is 2.70. The minimum atomic E-state index is -0.795. The summed E-state index contributed by atoms with van der Waals surface area (Å²) in [6, 6.07) is 7.70. The van der Waals surface area contributed by atoms with Crippen molar-refractivity contribution in [3.63, 3.8) is 0 Å². The average molecular weight is 386 g/mol. The first-order chi connectivity index (χ1) is 13.6. The number of H-pyrrole nitrogens is 2. The maximum atomic E-state index is 11.2. The smallest absolute Gasteiger partial charge is 0.367 e. The van der Waals surface area contributed by atoms with Gasteiger partial charge in [-0.2, -0.15) is 4.98 Å². The van der Waals surface area contributed by atoms with E-state index < -0.39 is 5.97 Å². The van der Waals surface area contributed by atoms with E-state index in [1.165, 1.54) is 42.5 Å². The number of carbonyl (C=O) groups is 1. The molecule has 3 rings (SSSR count). The minimum absolute atomic E-state index is 0.0427. The second-order valence-electron chi connectivity index (χ2n) is 7.75. The maximum Gasteiger partial charge on any atom is 0.367 e. The molecule has 6 nitrogen and oxygen atoms in total. The van der Waals surface area contributed by atoms with Gasteiger partial charge in [0.25, 0.3) is 0 Å². The number of unbranched alkanes of at least 4 members (excludes halogenated alkanes) is 3. The summed E-state index contributed by atoms with van der Waals surface area (Å²) in [6.07, 6.45) is 10.4. The Balaban J connectivity index is 1.40. The predicted molar refractivity (Wildman–Crippen MR) is 107 cm³/mol. The second-order valence-corrected chi connectivity index (χ2v) is 7.75. The highest BCUT2D eigenvalue weighted by Crippen LogP contribution is 2.25. The molecule has 0 amide bonds. The Labute approximate surface area is 165 Å². The molecule has 2 aromatic heterocycles. The fourth-order valence-electron chi connectivity index (χ4n) is 4.00. The highest BCUT2D eigenvalue weighted by Gasteiger charge is 2.20. The molecule has 1 aliphatic heterocycles. The summed E-state index contributed by atoms with van der Waals surface area (Å²) in [5.74, 6) is 0.469. The van der Waals surface area contributed by atoms with E-state index in [2.05, 4.69) is 27.4 Å². The number of fused-ring (bicyclic) bond motifs is 1. The van der Waals surface area contributed by atoms with Crippen LogP contribution in [0.5, 0.6) is 0 Å². The number of hydrogen-bond acceptors (Lipinski definition) is 2. The van der Waals surface area contributed by atoms with Crippen molar-refractivity contribution in [2.75, 3.05) is 6.54 Å². The molecule has 1 aliphatic rings. The van der Waals surface area contributed by atoms with Crippen molar-refractivity contribution in [1.29, 1.82) is 0 Å². The van der Waals surface area contributed by atoms with Crippen LogP contribution in [-0.4, -0.2) is 22.6 Å². The van der Waals surface area contributed by atoms with Gasteiger partial charge in [0.1, 0.15) is 0 Å². The number of aryl methyl sites for hydroxylation is 2. The largest absolute Gasteiger partial charge is 0.481 e. The summed E-state index contributed by atoms with van der Waals surface area (Å²) in [4.78, 5) is 28.6. The molecule has 0 saturated carbocycles. The molecule has 0 saturated heterocycles. The van der Waals surface area contributed by atoms with Gasteiger partial charge in [-0.1, -0.05) is 25.3 Å². The molecule has 6 heteroatoms. The van der Waals surface area contributed by atoms with E-state index in [1.807, 2.05) is 0 Å². The Bertz CT molecular complexity index is 827. The fraction of sp³-hybridized carbons (Fsp3) is 0.500. The summed E-state index contributed by atoms with van der Waals surface area (Å²) < 4.78 is 0. The SMILES string of the molecule is O=C(O)CC(CCCCCCc1ccc2c([nH+]1)[NH2+]CCC2)c1ccc(=O)[nH]c1. The third-order valence-corrected chi connectivity index (χ3v) is 5.57. The lowest BCUT2D eigenvalue weighted by molar-refractivity contribution is -0.653. The van der Waals surface area contributed by atoms with Crippen molar-refractivity contribution in [3.05, 3.63) is 57.6 Å². The van der Waals surface area contributed by atoms with Crippen LogP contribution in [0.2, 0.25) is 0 Å². The van der Waals surface area contributed by atoms with Crippen molar-refractivity contribution in [2.24, 2.45) is 0 Å². The zero-order chi connectivity index (χ0) is 19.8. The highest BCUT2D eigenvalue weighted by molar-refractivity contribution is 5.68. The van der Waals surface area contributed by atoms with Crippen LogP contribution in [0.3, 0.4) is 0 Å². The number of quaternary nitrogens is 1. The van der Waals surface area contributed by atoms with Crippen LogP contribution in [-0.2, 0) is 17.6 Å². The Morgan fingerprint density at radius 2 is 2.04 bits per heavy atom. The summed E-state index contributed by atoms with van der Waals surface area (Å²) in [6.45, 7) is 1.17. The maximum absolute atomic E-state index is 11.2. The Kier molecular flexibility index (Phi) is 7.37. The number of pyridine rings is 2. The molecule has 3 heterocycles. The molecule has 0 spiro atoms. The van der Waals surface area contributed by atoms with Gasteiger partial charge in [-0.15, -0.1) is 0 Å². The van der Waals surface area contributed by atoms with Crippen LogP contribution in [0.15, 0.2) is 35.3 Å². The van der Waals surface area contributed by atoms with Crippen molar-refractivity contribution in [3.8, 4) is 0 Å². The first-order valence-corrected chi connectivity index (χ1v) is 10.4. The van der Waals surface area contributed by atoms with E-state index >= 15 is 0 Å². The molecule has 1 unspecified atom stereocenters. The van der Waals surface area contributed by atoms with Crippen LogP contribution in [0.25, 0.3) is 0 Å². The number of nitrogens with one attached hydrogen (secondary N) is 2. The quantitative estimate of drug-likeness (QED) is 0.546. The molecule has 150 valence electrons. The van der Waals surface area contributed by atoms with Gasteiger partial charge in [-0.25, -0.2) is 0 Å². The molecule has 0 aliphatic carbocycles. The van der Waals surface area contributed by atoms with E-state index in [-0.39, 0.29) is 17.9 Å². The number of rotatable bonds is 10. The lowest BCUT2D eigenvalue weighted by Gasteiger charge is -2.14. The van der Waals surface area contributed by atoms with Crippen LogP contribution in [0.1, 0.15) is 67.7 Å². The number of hydrogen-bond donors (Lipinski definition) is 3. The lowest BCUT2D eigenvalue weighted by atomic mass is 9.91. The number of aromatic amines is 2. The van der Waals surface area contributed by atoms with Crippen molar-refractivity contribution >= 4 is 11.8 Å².